The first-order valence-electron chi connectivity index (χ1n) is 5.74. The van der Waals surface area contributed by atoms with Crippen molar-refractivity contribution >= 4 is 17.2 Å². The van der Waals surface area contributed by atoms with E-state index in [1.807, 2.05) is 39.8 Å². The summed E-state index contributed by atoms with van der Waals surface area (Å²) in [5, 5.41) is 0. The average molecular weight is 255 g/mol. The summed E-state index contributed by atoms with van der Waals surface area (Å²) in [6.07, 6.45) is 2.53. The molecule has 0 saturated heterocycles. The van der Waals surface area contributed by atoms with Crippen LogP contribution in [0.2, 0.25) is 0 Å². The van der Waals surface area contributed by atoms with Crippen molar-refractivity contribution in [3.8, 4) is 0 Å². The second kappa shape index (κ2) is 5.71. The van der Waals surface area contributed by atoms with E-state index in [-0.39, 0.29) is 10.8 Å². The Bertz CT molecular complexity index is 365. The van der Waals surface area contributed by atoms with E-state index in [0.29, 0.717) is 5.82 Å². The van der Waals surface area contributed by atoms with Crippen LogP contribution in [-0.2, 0) is 11.4 Å². The van der Waals surface area contributed by atoms with Gasteiger partial charge in [-0.15, -0.1) is 4.72 Å². The van der Waals surface area contributed by atoms with Gasteiger partial charge in [0.25, 0.3) is 0 Å². The predicted molar refractivity (Wildman–Crippen MR) is 72.7 cm³/mol. The summed E-state index contributed by atoms with van der Waals surface area (Å²) in [7, 11) is 0. The Balaban J connectivity index is 2.79. The molecule has 0 aliphatic heterocycles. The molecule has 0 fully saturated rings. The van der Waals surface area contributed by atoms with Gasteiger partial charge in [-0.2, -0.15) is 0 Å². The molecule has 1 rings (SSSR count). The van der Waals surface area contributed by atoms with Crippen molar-refractivity contribution in [2.45, 2.75) is 44.9 Å². The maximum atomic E-state index is 12.0. The lowest BCUT2D eigenvalue weighted by Crippen LogP contribution is -2.41. The highest BCUT2D eigenvalue weighted by Gasteiger charge is 2.29. The zero-order chi connectivity index (χ0) is 13.1. The van der Waals surface area contributed by atoms with Gasteiger partial charge in [-0.05, 0) is 44.9 Å². The molecule has 1 unspecified atom stereocenters. The molecule has 17 heavy (non-hydrogen) atoms. The van der Waals surface area contributed by atoms with Crippen LogP contribution in [0.15, 0.2) is 18.3 Å². The molecule has 96 valence electrons. The number of rotatable bonds is 4. The standard InChI is InChI=1S/C12H21N3OS/c1-5-10(15-17(16)12(2,3)4)9-6-7-14-11(13)8-9/h6-8,10,15H,5H2,1-4H3,(H2,13,14)/t10-,17?/m0/s1. The van der Waals surface area contributed by atoms with E-state index in [2.05, 4.69) is 9.71 Å². The van der Waals surface area contributed by atoms with Gasteiger partial charge in [-0.25, -0.2) is 4.98 Å². The van der Waals surface area contributed by atoms with Gasteiger partial charge in [0.1, 0.15) is 10.6 Å². The summed E-state index contributed by atoms with van der Waals surface area (Å²) in [4.78, 5) is 3.96. The quantitative estimate of drug-likeness (QED) is 0.809. The van der Waals surface area contributed by atoms with Crippen LogP contribution in [0.5, 0.6) is 0 Å². The molecular formula is C12H21N3OS. The topological polar surface area (TPSA) is 74.0 Å². The number of hydrogen-bond acceptors (Lipinski definition) is 4. The van der Waals surface area contributed by atoms with Crippen LogP contribution in [0.3, 0.4) is 0 Å². The Labute approximate surface area is 106 Å². The van der Waals surface area contributed by atoms with E-state index in [1.54, 1.807) is 6.20 Å². The smallest absolute Gasteiger partial charge is 0.136 e. The van der Waals surface area contributed by atoms with Crippen molar-refractivity contribution in [1.29, 1.82) is 0 Å². The number of nitrogens with zero attached hydrogens (tertiary/aromatic N) is 1. The minimum absolute atomic E-state index is 0.0420. The summed E-state index contributed by atoms with van der Waals surface area (Å²) < 4.78 is 14.9. The monoisotopic (exact) mass is 255 g/mol. The molecule has 0 radical (unpaired) electrons. The van der Waals surface area contributed by atoms with Crippen molar-refractivity contribution in [3.05, 3.63) is 23.9 Å². The molecule has 1 aromatic rings. The lowest BCUT2D eigenvalue weighted by molar-refractivity contribution is 0.518. The molecule has 0 spiro atoms. The Morgan fingerprint density at radius 1 is 1.53 bits per heavy atom. The number of hydrogen-bond donors (Lipinski definition) is 2. The van der Waals surface area contributed by atoms with Crippen LogP contribution in [-0.4, -0.2) is 14.3 Å². The number of pyridine rings is 1. The maximum absolute atomic E-state index is 12.0. The van der Waals surface area contributed by atoms with E-state index >= 15 is 0 Å². The highest BCUT2D eigenvalue weighted by molar-refractivity contribution is 7.90. The zero-order valence-corrected chi connectivity index (χ0v) is 11.7. The van der Waals surface area contributed by atoms with Crippen molar-refractivity contribution in [1.82, 2.24) is 9.71 Å². The number of aromatic nitrogens is 1. The number of anilines is 1. The maximum Gasteiger partial charge on any atom is 0.136 e. The van der Waals surface area contributed by atoms with E-state index in [0.717, 1.165) is 12.0 Å². The van der Waals surface area contributed by atoms with Crippen LogP contribution in [0, 0.1) is 0 Å². The fraction of sp³-hybridized carbons (Fsp3) is 0.583. The van der Waals surface area contributed by atoms with E-state index in [9.17, 15) is 4.55 Å². The fourth-order valence-electron chi connectivity index (χ4n) is 1.38. The lowest BCUT2D eigenvalue weighted by Gasteiger charge is -2.27. The van der Waals surface area contributed by atoms with E-state index in [1.165, 1.54) is 0 Å². The molecule has 0 aliphatic rings. The molecule has 0 bridgehead atoms. The summed E-state index contributed by atoms with van der Waals surface area (Å²) in [5.74, 6) is 0.490. The molecule has 4 nitrogen and oxygen atoms in total. The zero-order valence-electron chi connectivity index (χ0n) is 10.9. The summed E-state index contributed by atoms with van der Waals surface area (Å²) in [5.41, 5.74) is 6.68. The third-order valence-electron chi connectivity index (χ3n) is 2.42. The van der Waals surface area contributed by atoms with Gasteiger partial charge in [0.05, 0.1) is 6.04 Å². The van der Waals surface area contributed by atoms with Crippen LogP contribution in [0.4, 0.5) is 5.82 Å². The minimum atomic E-state index is -1.09. The van der Waals surface area contributed by atoms with Gasteiger partial charge in [0.2, 0.25) is 0 Å². The van der Waals surface area contributed by atoms with Crippen LogP contribution >= 0.6 is 0 Å². The molecule has 5 heteroatoms. The first-order valence-corrected chi connectivity index (χ1v) is 6.89. The van der Waals surface area contributed by atoms with Crippen LogP contribution in [0.1, 0.15) is 45.7 Å². The fourth-order valence-corrected chi connectivity index (χ4v) is 2.29. The van der Waals surface area contributed by atoms with Crippen molar-refractivity contribution in [2.24, 2.45) is 0 Å². The second-order valence-corrected chi connectivity index (χ2v) is 6.97. The lowest BCUT2D eigenvalue weighted by atomic mass is 10.1. The van der Waals surface area contributed by atoms with Crippen LogP contribution < -0.4 is 10.5 Å². The Morgan fingerprint density at radius 3 is 2.65 bits per heavy atom. The first kappa shape index (κ1) is 14.3. The molecule has 1 aromatic heterocycles. The number of nitrogens with two attached hydrogens (primary N) is 1. The van der Waals surface area contributed by atoms with Gasteiger partial charge in [0.15, 0.2) is 0 Å². The molecule has 2 atom stereocenters. The van der Waals surface area contributed by atoms with Gasteiger partial charge in [0, 0.05) is 17.6 Å². The van der Waals surface area contributed by atoms with Gasteiger partial charge in [-0.3, -0.25) is 0 Å². The third-order valence-corrected chi connectivity index (χ3v) is 4.03. The molecular weight excluding hydrogens is 234 g/mol. The highest BCUT2D eigenvalue weighted by atomic mass is 32.2. The third kappa shape index (κ3) is 4.18. The Hall–Kier alpha value is -0.780. The molecule has 0 saturated carbocycles. The van der Waals surface area contributed by atoms with Crippen LogP contribution in [0.25, 0.3) is 0 Å². The highest BCUT2D eigenvalue weighted by Crippen LogP contribution is 2.22. The molecule has 0 aliphatic carbocycles. The number of nitrogens with one attached hydrogen (secondary N) is 1. The van der Waals surface area contributed by atoms with E-state index < -0.39 is 11.4 Å². The largest absolute Gasteiger partial charge is 0.598 e. The average Bonchev–Trinajstić information content (AvgIpc) is 2.24. The van der Waals surface area contributed by atoms with Gasteiger partial charge < -0.3 is 10.3 Å². The normalized spacial score (nSPS) is 15.6. The summed E-state index contributed by atoms with van der Waals surface area (Å²) in [6, 6.07) is 3.76. The first-order chi connectivity index (χ1) is 7.84. The predicted octanol–water partition coefficient (Wildman–Crippen LogP) is 2.17. The summed E-state index contributed by atoms with van der Waals surface area (Å²) in [6.45, 7) is 7.89. The Morgan fingerprint density at radius 2 is 2.18 bits per heavy atom. The van der Waals surface area contributed by atoms with Crippen molar-refractivity contribution in [3.63, 3.8) is 0 Å². The van der Waals surface area contributed by atoms with E-state index in [4.69, 9.17) is 5.73 Å². The van der Waals surface area contributed by atoms with Gasteiger partial charge >= 0.3 is 0 Å². The molecule has 1 heterocycles. The summed E-state index contributed by atoms with van der Waals surface area (Å²) >= 11 is -1.09. The molecule has 0 aromatic carbocycles. The molecule has 0 amide bonds. The second-order valence-electron chi connectivity index (χ2n) is 4.97. The Kier molecular flexibility index (Phi) is 4.80. The SMILES string of the molecule is CC[C@H](N[S+]([O-])C(C)(C)C)c1ccnc(N)c1. The van der Waals surface area contributed by atoms with Gasteiger partial charge in [-0.1, -0.05) is 6.92 Å². The molecule has 3 N–H and O–H groups in total. The minimum Gasteiger partial charge on any atom is -0.598 e. The number of nitrogen functional groups attached to an aromatic ring is 1. The van der Waals surface area contributed by atoms with Crippen molar-refractivity contribution < 1.29 is 4.55 Å². The van der Waals surface area contributed by atoms with Crippen molar-refractivity contribution in [2.75, 3.05) is 5.73 Å².